The van der Waals surface area contributed by atoms with Gasteiger partial charge in [0.2, 0.25) is 0 Å². The minimum Gasteiger partial charge on any atom is -0.493 e. The van der Waals surface area contributed by atoms with Gasteiger partial charge in [-0.3, -0.25) is 5.10 Å². The number of hydrogen-bond donors (Lipinski definition) is 3. The number of thiophene rings is 1. The highest BCUT2D eigenvalue weighted by Gasteiger charge is 2.12. The van der Waals surface area contributed by atoms with Gasteiger partial charge in [-0.1, -0.05) is 6.92 Å². The fourth-order valence-corrected chi connectivity index (χ4v) is 3.67. The molecule has 0 aliphatic heterocycles. The minimum absolute atomic E-state index is 0.723. The van der Waals surface area contributed by atoms with Gasteiger partial charge in [-0.25, -0.2) is 0 Å². The van der Waals surface area contributed by atoms with Crippen molar-refractivity contribution < 1.29 is 4.74 Å². The van der Waals surface area contributed by atoms with E-state index >= 15 is 0 Å². The van der Waals surface area contributed by atoms with Crippen molar-refractivity contribution in [1.29, 1.82) is 0 Å². The summed E-state index contributed by atoms with van der Waals surface area (Å²) >= 11 is 1.70. The lowest BCUT2D eigenvalue weighted by Gasteiger charge is -2.06. The minimum atomic E-state index is 0.723. The van der Waals surface area contributed by atoms with Crippen molar-refractivity contribution in [2.24, 2.45) is 0 Å². The largest absolute Gasteiger partial charge is 0.493 e. The molecular formula is C18H20N4OS. The lowest BCUT2D eigenvalue weighted by atomic mass is 10.2. The molecular weight excluding hydrogens is 320 g/mol. The van der Waals surface area contributed by atoms with E-state index in [1.807, 2.05) is 6.07 Å². The molecule has 0 saturated carbocycles. The summed E-state index contributed by atoms with van der Waals surface area (Å²) in [6.45, 7) is 4.82. The molecule has 3 N–H and O–H groups in total. The van der Waals surface area contributed by atoms with Crippen LogP contribution in [0.25, 0.3) is 32.5 Å². The van der Waals surface area contributed by atoms with E-state index in [1.54, 1.807) is 11.3 Å². The number of fused-ring (bicyclic) bond motifs is 2. The van der Waals surface area contributed by atoms with Crippen LogP contribution in [0.2, 0.25) is 0 Å². The van der Waals surface area contributed by atoms with Gasteiger partial charge in [0.15, 0.2) is 0 Å². The van der Waals surface area contributed by atoms with Crippen LogP contribution in [0.15, 0.2) is 35.7 Å². The first-order valence-electron chi connectivity index (χ1n) is 8.23. The molecule has 0 radical (unpaired) electrons. The highest BCUT2D eigenvalue weighted by molar-refractivity contribution is 7.17. The standard InChI is InChI=1S/C18H20N4OS/c1-2-19-7-3-8-23-13-5-4-12-10-16(20-15(12)11-13)17-18-14(21-22-17)6-9-24-18/h4-6,9-11,19-20H,2-3,7-8H2,1H3,(H,21,22). The van der Waals surface area contributed by atoms with Crippen LogP contribution >= 0.6 is 11.3 Å². The fourth-order valence-electron chi connectivity index (χ4n) is 2.82. The van der Waals surface area contributed by atoms with E-state index in [1.165, 1.54) is 4.70 Å². The molecule has 0 atom stereocenters. The number of H-pyrrole nitrogens is 2. The molecule has 0 unspecified atom stereocenters. The Bertz CT molecular complexity index is 952. The maximum Gasteiger partial charge on any atom is 0.126 e. The van der Waals surface area contributed by atoms with E-state index in [9.17, 15) is 0 Å². The monoisotopic (exact) mass is 340 g/mol. The molecule has 0 aliphatic carbocycles. The lowest BCUT2D eigenvalue weighted by molar-refractivity contribution is 0.309. The van der Waals surface area contributed by atoms with Crippen molar-refractivity contribution in [3.05, 3.63) is 35.7 Å². The number of ether oxygens (including phenoxy) is 1. The van der Waals surface area contributed by atoms with Crippen LogP contribution in [0.1, 0.15) is 13.3 Å². The van der Waals surface area contributed by atoms with E-state index < -0.39 is 0 Å². The van der Waals surface area contributed by atoms with Gasteiger partial charge in [0.1, 0.15) is 11.4 Å². The van der Waals surface area contributed by atoms with Crippen molar-refractivity contribution >= 4 is 32.5 Å². The second kappa shape index (κ2) is 6.67. The summed E-state index contributed by atoms with van der Waals surface area (Å²) in [4.78, 5) is 3.46. The number of hydrogen-bond acceptors (Lipinski definition) is 4. The Labute approximate surface area is 144 Å². The maximum atomic E-state index is 5.84. The molecule has 4 aromatic rings. The first-order chi connectivity index (χ1) is 11.8. The molecule has 124 valence electrons. The predicted molar refractivity (Wildman–Crippen MR) is 99.9 cm³/mol. The number of aromatic nitrogens is 3. The van der Waals surface area contributed by atoms with Gasteiger partial charge in [0, 0.05) is 17.0 Å². The molecule has 0 fully saturated rings. The molecule has 24 heavy (non-hydrogen) atoms. The van der Waals surface area contributed by atoms with Crippen molar-refractivity contribution in [1.82, 2.24) is 20.5 Å². The zero-order chi connectivity index (χ0) is 16.4. The van der Waals surface area contributed by atoms with E-state index in [2.05, 4.69) is 57.1 Å². The number of nitrogens with one attached hydrogen (secondary N) is 3. The van der Waals surface area contributed by atoms with Crippen LogP contribution in [0.3, 0.4) is 0 Å². The van der Waals surface area contributed by atoms with E-state index in [4.69, 9.17) is 4.74 Å². The lowest BCUT2D eigenvalue weighted by Crippen LogP contribution is -2.16. The van der Waals surface area contributed by atoms with E-state index in [0.29, 0.717) is 0 Å². The third-order valence-corrected chi connectivity index (χ3v) is 4.96. The Morgan fingerprint density at radius 2 is 2.17 bits per heavy atom. The quantitative estimate of drug-likeness (QED) is 0.443. The Kier molecular flexibility index (Phi) is 4.23. The van der Waals surface area contributed by atoms with Gasteiger partial charge in [0.25, 0.3) is 0 Å². The molecule has 0 aliphatic rings. The van der Waals surface area contributed by atoms with Gasteiger partial charge >= 0.3 is 0 Å². The molecule has 3 heterocycles. The second-order valence-corrected chi connectivity index (χ2v) is 6.64. The molecule has 3 aromatic heterocycles. The van der Waals surface area contributed by atoms with Crippen molar-refractivity contribution in [3.8, 4) is 17.1 Å². The molecule has 4 rings (SSSR count). The SMILES string of the molecule is CCNCCCOc1ccc2cc(-c3n[nH]c4ccsc34)[nH]c2c1. The van der Waals surface area contributed by atoms with Crippen LogP contribution in [-0.4, -0.2) is 34.9 Å². The molecule has 0 bridgehead atoms. The average molecular weight is 340 g/mol. The highest BCUT2D eigenvalue weighted by atomic mass is 32.1. The van der Waals surface area contributed by atoms with Crippen LogP contribution in [-0.2, 0) is 0 Å². The smallest absolute Gasteiger partial charge is 0.126 e. The zero-order valence-electron chi connectivity index (χ0n) is 13.6. The number of benzene rings is 1. The van der Waals surface area contributed by atoms with Crippen molar-refractivity contribution in [3.63, 3.8) is 0 Å². The molecule has 1 aromatic carbocycles. The first kappa shape index (κ1) is 15.2. The number of rotatable bonds is 7. The summed E-state index contributed by atoms with van der Waals surface area (Å²) in [7, 11) is 0. The van der Waals surface area contributed by atoms with Crippen LogP contribution in [0, 0.1) is 0 Å². The molecule has 0 amide bonds. The van der Waals surface area contributed by atoms with Crippen LogP contribution < -0.4 is 10.1 Å². The number of nitrogens with zero attached hydrogens (tertiary/aromatic N) is 1. The summed E-state index contributed by atoms with van der Waals surface area (Å²) in [5, 5.41) is 14.1. The normalized spacial score (nSPS) is 11.5. The van der Waals surface area contributed by atoms with Crippen LogP contribution in [0.4, 0.5) is 0 Å². The summed E-state index contributed by atoms with van der Waals surface area (Å²) in [6.07, 6.45) is 1.01. The maximum absolute atomic E-state index is 5.84. The summed E-state index contributed by atoms with van der Waals surface area (Å²) in [6, 6.07) is 10.4. The molecule has 0 saturated heterocycles. The van der Waals surface area contributed by atoms with Gasteiger partial charge in [-0.05, 0) is 49.2 Å². The second-order valence-electron chi connectivity index (χ2n) is 5.72. The Morgan fingerprint density at radius 1 is 1.21 bits per heavy atom. The highest BCUT2D eigenvalue weighted by Crippen LogP contribution is 2.32. The topological polar surface area (TPSA) is 65.7 Å². The van der Waals surface area contributed by atoms with Crippen molar-refractivity contribution in [2.75, 3.05) is 19.7 Å². The predicted octanol–water partition coefficient (Wildman–Crippen LogP) is 4.15. The first-order valence-corrected chi connectivity index (χ1v) is 9.11. The van der Waals surface area contributed by atoms with Gasteiger partial charge in [0.05, 0.1) is 22.5 Å². The summed E-state index contributed by atoms with van der Waals surface area (Å²) in [5.41, 5.74) is 4.16. The van der Waals surface area contributed by atoms with Gasteiger partial charge in [-0.2, -0.15) is 5.10 Å². The van der Waals surface area contributed by atoms with Gasteiger partial charge < -0.3 is 15.0 Å². The number of aromatic amines is 2. The zero-order valence-corrected chi connectivity index (χ0v) is 14.4. The van der Waals surface area contributed by atoms with E-state index in [-0.39, 0.29) is 0 Å². The molecule has 0 spiro atoms. The molecule has 5 nitrogen and oxygen atoms in total. The average Bonchev–Trinajstić information content (AvgIpc) is 3.28. The third kappa shape index (κ3) is 2.90. The summed E-state index contributed by atoms with van der Waals surface area (Å²) < 4.78 is 7.02. The molecule has 6 heteroatoms. The fraction of sp³-hybridized carbons (Fsp3) is 0.278. The Balaban J connectivity index is 1.54. The van der Waals surface area contributed by atoms with E-state index in [0.717, 1.165) is 59.7 Å². The van der Waals surface area contributed by atoms with Crippen LogP contribution in [0.5, 0.6) is 5.75 Å². The van der Waals surface area contributed by atoms with Gasteiger partial charge in [-0.15, -0.1) is 11.3 Å². The van der Waals surface area contributed by atoms with Crippen molar-refractivity contribution in [2.45, 2.75) is 13.3 Å². The Hall–Kier alpha value is -2.31. The summed E-state index contributed by atoms with van der Waals surface area (Å²) in [5.74, 6) is 0.899. The Morgan fingerprint density at radius 3 is 3.08 bits per heavy atom. The third-order valence-electron chi connectivity index (χ3n) is 4.03.